The molecule has 3 rings (SSSR count). The van der Waals surface area contributed by atoms with E-state index in [9.17, 15) is 19.5 Å². The Morgan fingerprint density at radius 3 is 1.86 bits per heavy atom. The largest absolute Gasteiger partial charge is 0.480 e. The molecule has 2 amide bonds. The molecular weight excluding hydrogens is 534 g/mol. The molecule has 6 nitrogen and oxygen atoms in total. The Kier molecular flexibility index (Phi) is 9.40. The van der Waals surface area contributed by atoms with Crippen LogP contribution >= 0.6 is 46.4 Å². The van der Waals surface area contributed by atoms with Gasteiger partial charge < -0.3 is 15.7 Å². The normalized spacial score (nSPS) is 11.5. The van der Waals surface area contributed by atoms with Gasteiger partial charge in [0, 0.05) is 27.7 Å². The zero-order valence-electron chi connectivity index (χ0n) is 18.2. The van der Waals surface area contributed by atoms with Crippen molar-refractivity contribution in [3.63, 3.8) is 0 Å². The molecular formula is C25H20Cl4N2O4. The molecule has 0 saturated carbocycles. The topological polar surface area (TPSA) is 95.5 Å². The number of aliphatic carboxylic acids is 1. The molecule has 0 aliphatic heterocycles. The number of carboxylic acids is 1. The Labute approximate surface area is 222 Å². The Morgan fingerprint density at radius 1 is 0.771 bits per heavy atom. The molecule has 0 aromatic heterocycles. The summed E-state index contributed by atoms with van der Waals surface area (Å²) in [7, 11) is 0. The van der Waals surface area contributed by atoms with Crippen molar-refractivity contribution >= 4 is 64.2 Å². The van der Waals surface area contributed by atoms with Gasteiger partial charge in [0.2, 0.25) is 0 Å². The van der Waals surface area contributed by atoms with Crippen LogP contribution in [0.3, 0.4) is 0 Å². The predicted molar refractivity (Wildman–Crippen MR) is 139 cm³/mol. The second-order valence-electron chi connectivity index (χ2n) is 7.53. The minimum Gasteiger partial charge on any atom is -0.480 e. The fraction of sp³-hybridized carbons (Fsp3) is 0.160. The van der Waals surface area contributed by atoms with Crippen molar-refractivity contribution in [2.24, 2.45) is 0 Å². The monoisotopic (exact) mass is 552 g/mol. The Balaban J connectivity index is 1.54. The molecule has 35 heavy (non-hydrogen) atoms. The van der Waals surface area contributed by atoms with Gasteiger partial charge in [0.25, 0.3) is 11.8 Å². The highest BCUT2D eigenvalue weighted by molar-refractivity contribution is 6.40. The van der Waals surface area contributed by atoms with Gasteiger partial charge in [-0.2, -0.15) is 0 Å². The molecule has 10 heteroatoms. The number of nitrogens with one attached hydrogen (secondary N) is 2. The maximum absolute atomic E-state index is 12.5. The Hall–Kier alpha value is -2.77. The van der Waals surface area contributed by atoms with Crippen LogP contribution in [0.4, 0.5) is 0 Å². The first-order chi connectivity index (χ1) is 16.7. The molecule has 0 radical (unpaired) electrons. The zero-order valence-corrected chi connectivity index (χ0v) is 21.2. The molecule has 0 bridgehead atoms. The lowest BCUT2D eigenvalue weighted by Crippen LogP contribution is -2.41. The van der Waals surface area contributed by atoms with Crippen LogP contribution in [0.5, 0.6) is 0 Å². The van der Waals surface area contributed by atoms with Crippen molar-refractivity contribution in [3.8, 4) is 11.1 Å². The van der Waals surface area contributed by atoms with E-state index in [1.54, 1.807) is 48.5 Å². The number of carboxylic acid groups (broad SMARTS) is 1. The molecule has 0 saturated heterocycles. The van der Waals surface area contributed by atoms with Gasteiger partial charge in [0.05, 0.1) is 15.6 Å². The van der Waals surface area contributed by atoms with Gasteiger partial charge in [-0.15, -0.1) is 0 Å². The van der Waals surface area contributed by atoms with E-state index in [0.717, 1.165) is 5.56 Å². The lowest BCUT2D eigenvalue weighted by Gasteiger charge is -2.16. The van der Waals surface area contributed by atoms with Crippen LogP contribution in [0, 0.1) is 0 Å². The molecule has 1 atom stereocenters. The number of benzene rings is 3. The minimum atomic E-state index is -1.21. The third-order valence-electron chi connectivity index (χ3n) is 5.15. The van der Waals surface area contributed by atoms with Crippen molar-refractivity contribution in [1.82, 2.24) is 10.6 Å². The van der Waals surface area contributed by atoms with Crippen LogP contribution in [0.25, 0.3) is 11.1 Å². The minimum absolute atomic E-state index is 0.0110. The predicted octanol–water partition coefficient (Wildman–Crippen LogP) is 6.36. The van der Waals surface area contributed by atoms with Crippen LogP contribution < -0.4 is 10.6 Å². The SMILES string of the molecule is O=C(NCCCC(NC(=O)c1c(Cl)cccc1Cl)C(=O)O)c1ccc(-c2c(Cl)cccc2Cl)cc1. The number of hydrogen-bond acceptors (Lipinski definition) is 3. The third-order valence-corrected chi connectivity index (χ3v) is 6.41. The average Bonchev–Trinajstić information content (AvgIpc) is 2.81. The Bertz CT molecular complexity index is 1210. The van der Waals surface area contributed by atoms with E-state index in [-0.39, 0.29) is 34.5 Å². The van der Waals surface area contributed by atoms with Crippen molar-refractivity contribution in [2.45, 2.75) is 18.9 Å². The summed E-state index contributed by atoms with van der Waals surface area (Å²) in [5.41, 5.74) is 1.89. The van der Waals surface area contributed by atoms with Gasteiger partial charge in [-0.3, -0.25) is 9.59 Å². The van der Waals surface area contributed by atoms with E-state index in [4.69, 9.17) is 46.4 Å². The molecule has 3 N–H and O–H groups in total. The van der Waals surface area contributed by atoms with Gasteiger partial charge in [-0.25, -0.2) is 4.79 Å². The van der Waals surface area contributed by atoms with Crippen molar-refractivity contribution < 1.29 is 19.5 Å². The average molecular weight is 554 g/mol. The first-order valence-electron chi connectivity index (χ1n) is 10.5. The van der Waals surface area contributed by atoms with Crippen LogP contribution in [-0.2, 0) is 4.79 Å². The second kappa shape index (κ2) is 12.3. The first-order valence-corrected chi connectivity index (χ1v) is 12.0. The molecule has 1 unspecified atom stereocenters. The number of hydrogen-bond donors (Lipinski definition) is 3. The van der Waals surface area contributed by atoms with Crippen LogP contribution in [0.2, 0.25) is 20.1 Å². The van der Waals surface area contributed by atoms with Gasteiger partial charge >= 0.3 is 5.97 Å². The van der Waals surface area contributed by atoms with Crippen molar-refractivity contribution in [2.75, 3.05) is 6.54 Å². The molecule has 3 aromatic carbocycles. The number of amides is 2. The maximum Gasteiger partial charge on any atom is 0.326 e. The summed E-state index contributed by atoms with van der Waals surface area (Å²) in [5, 5.41) is 15.9. The van der Waals surface area contributed by atoms with Crippen LogP contribution in [-0.4, -0.2) is 35.5 Å². The molecule has 0 aliphatic carbocycles. The maximum atomic E-state index is 12.5. The molecule has 0 fully saturated rings. The molecule has 182 valence electrons. The highest BCUT2D eigenvalue weighted by Gasteiger charge is 2.23. The van der Waals surface area contributed by atoms with Gasteiger partial charge in [-0.05, 0) is 54.8 Å². The second-order valence-corrected chi connectivity index (χ2v) is 9.16. The van der Waals surface area contributed by atoms with Crippen LogP contribution in [0.1, 0.15) is 33.6 Å². The van der Waals surface area contributed by atoms with Gasteiger partial charge in [-0.1, -0.05) is 70.7 Å². The van der Waals surface area contributed by atoms with E-state index in [1.165, 1.54) is 12.1 Å². The fourth-order valence-corrected chi connectivity index (χ4v) is 4.56. The molecule has 0 spiro atoms. The van der Waals surface area contributed by atoms with Crippen LogP contribution in [0.15, 0.2) is 60.7 Å². The summed E-state index contributed by atoms with van der Waals surface area (Å²) < 4.78 is 0. The van der Waals surface area contributed by atoms with Gasteiger partial charge in [0.1, 0.15) is 6.04 Å². The highest BCUT2D eigenvalue weighted by atomic mass is 35.5. The number of carbonyl (C=O) groups is 3. The van der Waals surface area contributed by atoms with E-state index in [0.29, 0.717) is 27.6 Å². The van der Waals surface area contributed by atoms with E-state index in [2.05, 4.69) is 10.6 Å². The van der Waals surface area contributed by atoms with Gasteiger partial charge in [0.15, 0.2) is 0 Å². The quantitative estimate of drug-likeness (QED) is 0.269. The number of halogens is 4. The third kappa shape index (κ3) is 6.89. The summed E-state index contributed by atoms with van der Waals surface area (Å²) in [5.74, 6) is -2.21. The highest BCUT2D eigenvalue weighted by Crippen LogP contribution is 2.34. The lowest BCUT2D eigenvalue weighted by atomic mass is 10.0. The summed E-state index contributed by atoms with van der Waals surface area (Å²) in [6, 6.07) is 15.4. The summed E-state index contributed by atoms with van der Waals surface area (Å²) >= 11 is 24.5. The van der Waals surface area contributed by atoms with E-state index in [1.807, 2.05) is 0 Å². The molecule has 3 aromatic rings. The number of carbonyl (C=O) groups excluding carboxylic acids is 2. The Morgan fingerprint density at radius 2 is 1.31 bits per heavy atom. The summed E-state index contributed by atoms with van der Waals surface area (Å²) in [6.07, 6.45) is 0.403. The summed E-state index contributed by atoms with van der Waals surface area (Å²) in [6.45, 7) is 0.212. The summed E-state index contributed by atoms with van der Waals surface area (Å²) in [4.78, 5) is 36.5. The fourth-order valence-electron chi connectivity index (χ4n) is 3.37. The standard InChI is InChI=1S/C25H20Cl4N2O4/c26-16-4-1-5-17(27)21(16)14-9-11-15(12-10-14)23(32)30-13-3-8-20(25(34)35)31-24(33)22-18(28)6-2-7-19(22)29/h1-2,4-7,9-12,20H,3,8,13H2,(H,30,32)(H,31,33)(H,34,35). The van der Waals surface area contributed by atoms with E-state index >= 15 is 0 Å². The first kappa shape index (κ1) is 26.8. The van der Waals surface area contributed by atoms with Crippen molar-refractivity contribution in [1.29, 1.82) is 0 Å². The zero-order chi connectivity index (χ0) is 25.5. The van der Waals surface area contributed by atoms with E-state index < -0.39 is 17.9 Å². The smallest absolute Gasteiger partial charge is 0.326 e. The molecule has 0 aliphatic rings. The molecule has 0 heterocycles. The lowest BCUT2D eigenvalue weighted by molar-refractivity contribution is -0.139. The van der Waals surface area contributed by atoms with Crippen molar-refractivity contribution in [3.05, 3.63) is 91.9 Å². The number of rotatable bonds is 9.